The minimum atomic E-state index is -1.09. The number of terminal acetylenes is 1. The summed E-state index contributed by atoms with van der Waals surface area (Å²) in [4.78, 5) is 94.9. The molecule has 2 aromatic heterocycles. The number of nitrogens with zero attached hydrogens (tertiary/aromatic N) is 6. The number of anilines is 2. The van der Waals surface area contributed by atoms with E-state index in [1.807, 2.05) is 0 Å². The number of amides is 6. The molecule has 11 rings (SSSR count). The molecule has 3 aromatic carbocycles. The molecule has 20 nitrogen and oxygen atoms in total. The van der Waals surface area contributed by atoms with Crippen molar-refractivity contribution >= 4 is 68.8 Å². The Morgan fingerprint density at radius 1 is 0.923 bits per heavy atom. The van der Waals surface area contributed by atoms with E-state index in [9.17, 15) is 28.8 Å². The third-order valence-electron chi connectivity index (χ3n) is 15.5. The van der Waals surface area contributed by atoms with E-state index in [1.165, 1.54) is 24.3 Å². The first-order chi connectivity index (χ1) is 37.8. The average Bonchev–Trinajstić information content (AvgIpc) is 4.15. The van der Waals surface area contributed by atoms with Gasteiger partial charge in [0.15, 0.2) is 5.82 Å². The average molecular weight is 1070 g/mol. The summed E-state index contributed by atoms with van der Waals surface area (Å²) in [6.07, 6.45) is 10.9. The van der Waals surface area contributed by atoms with Crippen molar-refractivity contribution in [3.63, 3.8) is 0 Å². The first kappa shape index (κ1) is 52.1. The molecule has 2 bridgehead atoms. The topological polar surface area (TPSA) is 236 Å². The quantitative estimate of drug-likeness (QED) is 0.0400. The lowest BCUT2D eigenvalue weighted by Gasteiger charge is -2.35. The molecular formula is C56H56F2N10O10. The van der Waals surface area contributed by atoms with Crippen molar-refractivity contribution in [2.24, 2.45) is 0 Å². The van der Waals surface area contributed by atoms with Crippen molar-refractivity contribution in [3.8, 4) is 29.6 Å². The Bertz CT molecular complexity index is 3340. The number of alkyl carbamates (subject to hydrolysis) is 1. The van der Waals surface area contributed by atoms with Gasteiger partial charge in [0.25, 0.3) is 11.8 Å². The zero-order chi connectivity index (χ0) is 54.2. The number of nitrogens with one attached hydrogen (secondary N) is 4. The van der Waals surface area contributed by atoms with Crippen molar-refractivity contribution in [2.75, 3.05) is 76.0 Å². The van der Waals surface area contributed by atoms with Gasteiger partial charge in [-0.15, -0.1) is 6.42 Å². The maximum absolute atomic E-state index is 17.2. The van der Waals surface area contributed by atoms with Crippen LogP contribution in [0.15, 0.2) is 66.9 Å². The van der Waals surface area contributed by atoms with Gasteiger partial charge in [-0.3, -0.25) is 44.1 Å². The predicted molar refractivity (Wildman–Crippen MR) is 279 cm³/mol. The van der Waals surface area contributed by atoms with Crippen LogP contribution in [0, 0.1) is 24.0 Å². The highest BCUT2D eigenvalue weighted by Gasteiger charge is 2.52. The number of benzene rings is 3. The zero-order valence-electron chi connectivity index (χ0n) is 42.5. The van der Waals surface area contributed by atoms with Gasteiger partial charge in [-0.1, -0.05) is 42.3 Å². The number of imide groups is 2. The highest BCUT2D eigenvalue weighted by atomic mass is 19.1. The van der Waals surface area contributed by atoms with Crippen LogP contribution >= 0.6 is 0 Å². The van der Waals surface area contributed by atoms with E-state index in [4.69, 9.17) is 35.3 Å². The standard InChI is InChI=1S/C56H56F2N10O10/c1-3-37-42(57)12-7-32-5-4-6-39(46(32)37)48-47(58)49-41(25-60-48)50(66-27-34-8-9-35(28-66)61-34)65-54(64-49)78-30-56-17-15-36(67(56)26-31(2)24-56)29-77-55(74)59-18-20-76-22-21-75-19-16-45(70)62-33-10-11-38-40(23-33)53(73)68(52(38)72)43-13-14-44(69)63-51(43)71/h1,4-7,10-12,23,25,34-36,43,61H,2,8-9,13-22,24,26-30H2,(H,59,74)(H,62,70)(H,63,69,71)/t34?,35?,36-,43?,56-/m0/s1. The molecular weight excluding hydrogens is 1010 g/mol. The number of fused-ring (bicyclic) bond motifs is 6. The van der Waals surface area contributed by atoms with Crippen LogP contribution in [-0.4, -0.2) is 156 Å². The number of halogens is 2. The van der Waals surface area contributed by atoms with E-state index >= 15 is 8.78 Å². The Morgan fingerprint density at radius 2 is 1.72 bits per heavy atom. The molecule has 6 amide bonds. The van der Waals surface area contributed by atoms with Gasteiger partial charge in [0.1, 0.15) is 42.1 Å². The van der Waals surface area contributed by atoms with Crippen molar-refractivity contribution in [3.05, 3.63) is 95.2 Å². The van der Waals surface area contributed by atoms with E-state index in [-0.39, 0.29) is 123 Å². The predicted octanol–water partition coefficient (Wildman–Crippen LogP) is 4.78. The number of piperazine rings is 1. The van der Waals surface area contributed by atoms with E-state index in [0.717, 1.165) is 36.2 Å². The second-order valence-corrected chi connectivity index (χ2v) is 20.5. The molecule has 6 aliphatic rings. The largest absolute Gasteiger partial charge is 0.461 e. The van der Waals surface area contributed by atoms with Crippen LogP contribution in [0.2, 0.25) is 0 Å². The molecule has 5 fully saturated rings. The summed E-state index contributed by atoms with van der Waals surface area (Å²) in [5, 5.41) is 12.6. The summed E-state index contributed by atoms with van der Waals surface area (Å²) >= 11 is 0. The monoisotopic (exact) mass is 1070 g/mol. The molecule has 5 aromatic rings. The molecule has 0 spiro atoms. The molecule has 0 aliphatic carbocycles. The van der Waals surface area contributed by atoms with Crippen LogP contribution in [0.3, 0.4) is 0 Å². The Morgan fingerprint density at radius 3 is 2.51 bits per heavy atom. The Labute approximate surface area is 446 Å². The van der Waals surface area contributed by atoms with Crippen LogP contribution in [0.25, 0.3) is 32.9 Å². The van der Waals surface area contributed by atoms with Gasteiger partial charge in [-0.2, -0.15) is 9.97 Å². The molecule has 404 valence electrons. The van der Waals surface area contributed by atoms with E-state index in [0.29, 0.717) is 53.6 Å². The van der Waals surface area contributed by atoms with Crippen LogP contribution in [0.5, 0.6) is 6.01 Å². The number of carbonyl (C=O) groups is 6. The summed E-state index contributed by atoms with van der Waals surface area (Å²) in [5.74, 6) is -1.22. The molecule has 3 unspecified atom stereocenters. The van der Waals surface area contributed by atoms with Gasteiger partial charge >= 0.3 is 12.1 Å². The number of ether oxygens (including phenoxy) is 4. The van der Waals surface area contributed by atoms with Gasteiger partial charge in [0.2, 0.25) is 17.7 Å². The van der Waals surface area contributed by atoms with Crippen molar-refractivity contribution in [1.29, 1.82) is 0 Å². The lowest BCUT2D eigenvalue weighted by molar-refractivity contribution is -0.136. The van der Waals surface area contributed by atoms with Crippen LogP contribution in [0.1, 0.15) is 77.6 Å². The third kappa shape index (κ3) is 10.2. The molecule has 5 saturated heterocycles. The van der Waals surface area contributed by atoms with E-state index < -0.39 is 58.8 Å². The van der Waals surface area contributed by atoms with Crippen molar-refractivity contribution in [2.45, 2.75) is 81.1 Å². The molecule has 22 heteroatoms. The smallest absolute Gasteiger partial charge is 0.407 e. The minimum absolute atomic E-state index is 0.00551. The minimum Gasteiger partial charge on any atom is -0.461 e. The third-order valence-corrected chi connectivity index (χ3v) is 15.5. The van der Waals surface area contributed by atoms with Crippen LogP contribution in [0.4, 0.5) is 25.1 Å². The van der Waals surface area contributed by atoms with Gasteiger partial charge in [0, 0.05) is 73.6 Å². The number of carbonyl (C=O) groups excluding carboxylic acids is 6. The molecule has 78 heavy (non-hydrogen) atoms. The summed E-state index contributed by atoms with van der Waals surface area (Å²) < 4.78 is 55.5. The Balaban J connectivity index is 0.644. The second kappa shape index (κ2) is 21.8. The van der Waals surface area contributed by atoms with E-state index in [1.54, 1.807) is 30.5 Å². The summed E-state index contributed by atoms with van der Waals surface area (Å²) in [6, 6.07) is 11.7. The second-order valence-electron chi connectivity index (χ2n) is 20.5. The number of aromatic nitrogens is 3. The van der Waals surface area contributed by atoms with Crippen molar-refractivity contribution in [1.82, 2.24) is 40.7 Å². The number of piperidine rings is 1. The van der Waals surface area contributed by atoms with Gasteiger partial charge < -0.3 is 39.8 Å². The zero-order valence-corrected chi connectivity index (χ0v) is 42.5. The van der Waals surface area contributed by atoms with Crippen LogP contribution < -0.4 is 30.9 Å². The molecule has 6 aliphatic heterocycles. The van der Waals surface area contributed by atoms with Crippen LogP contribution in [-0.2, 0) is 28.6 Å². The number of rotatable bonds is 18. The number of hydrogen-bond donors (Lipinski definition) is 4. The SMILES string of the molecule is C#Cc1c(F)ccc2cccc(-c3ncc4c(N5CC6CCC(C5)N6)nc(OC[C@@]56CC[C@@H](COC(=O)NCCOCCOCCC(=O)Nc7ccc8c(c7)C(=O)N(C7CCC(=O)NC7=O)C8=O)N5CC(=C)C6)nc4c3F)c12. The molecule has 5 atom stereocenters. The van der Waals surface area contributed by atoms with Gasteiger partial charge in [-0.25, -0.2) is 13.6 Å². The Hall–Kier alpha value is -7.97. The lowest BCUT2D eigenvalue weighted by Crippen LogP contribution is -2.54. The highest BCUT2D eigenvalue weighted by molar-refractivity contribution is 6.24. The fourth-order valence-electron chi connectivity index (χ4n) is 11.8. The molecule has 0 radical (unpaired) electrons. The highest BCUT2D eigenvalue weighted by Crippen LogP contribution is 2.45. The van der Waals surface area contributed by atoms with Gasteiger partial charge in [0.05, 0.1) is 60.5 Å². The van der Waals surface area contributed by atoms with Gasteiger partial charge in [-0.05, 0) is 68.2 Å². The van der Waals surface area contributed by atoms with E-state index in [2.05, 4.69) is 48.6 Å². The maximum atomic E-state index is 17.2. The fraction of sp³-hybridized carbons (Fsp3) is 0.411. The number of pyridine rings is 1. The molecule has 0 saturated carbocycles. The summed E-state index contributed by atoms with van der Waals surface area (Å²) in [5.41, 5.74) is 1.30. The molecule has 8 heterocycles. The fourth-order valence-corrected chi connectivity index (χ4v) is 11.8. The van der Waals surface area contributed by atoms with Crippen molar-refractivity contribution < 1.29 is 56.5 Å². The first-order valence-corrected chi connectivity index (χ1v) is 26.1. The lowest BCUT2D eigenvalue weighted by atomic mass is 9.94. The maximum Gasteiger partial charge on any atom is 0.407 e. The summed E-state index contributed by atoms with van der Waals surface area (Å²) in [7, 11) is 0. The number of hydrogen-bond acceptors (Lipinski definition) is 16. The normalized spacial score (nSPS) is 22.7. The first-order valence-electron chi connectivity index (χ1n) is 26.1. The molecule has 4 N–H and O–H groups in total. The Kier molecular flexibility index (Phi) is 14.6. The summed E-state index contributed by atoms with van der Waals surface area (Å²) in [6.45, 7) is 7.32.